The minimum Gasteiger partial charge on any atom is -0.353 e. The second-order valence-electron chi connectivity index (χ2n) is 4.35. The van der Waals surface area contributed by atoms with Crippen LogP contribution in [0.25, 0.3) is 6.08 Å². The van der Waals surface area contributed by atoms with Crippen molar-refractivity contribution < 1.29 is 14.0 Å². The molecule has 0 aliphatic carbocycles. The van der Waals surface area contributed by atoms with Crippen molar-refractivity contribution in [2.24, 2.45) is 0 Å². The van der Waals surface area contributed by atoms with Crippen molar-refractivity contribution in [1.82, 2.24) is 10.2 Å². The molecule has 1 aliphatic rings. The van der Waals surface area contributed by atoms with Gasteiger partial charge in [0.1, 0.15) is 11.9 Å². The fourth-order valence-corrected chi connectivity index (χ4v) is 1.95. The van der Waals surface area contributed by atoms with E-state index in [-0.39, 0.29) is 17.6 Å². The van der Waals surface area contributed by atoms with Gasteiger partial charge >= 0.3 is 0 Å². The highest BCUT2D eigenvalue weighted by Gasteiger charge is 2.27. The van der Waals surface area contributed by atoms with E-state index in [1.54, 1.807) is 25.1 Å². The first kappa shape index (κ1) is 13.3. The van der Waals surface area contributed by atoms with Gasteiger partial charge in [0.05, 0.1) is 0 Å². The van der Waals surface area contributed by atoms with Crippen LogP contribution >= 0.6 is 0 Å². The molecular formula is C14H15FN2O2. The largest absolute Gasteiger partial charge is 0.353 e. The Morgan fingerprint density at radius 2 is 2.21 bits per heavy atom. The molecule has 2 rings (SSSR count). The quantitative estimate of drug-likeness (QED) is 0.814. The smallest absolute Gasteiger partial charge is 0.247 e. The Hall–Kier alpha value is -2.17. The lowest BCUT2D eigenvalue weighted by atomic mass is 10.1. The molecule has 1 saturated heterocycles. The van der Waals surface area contributed by atoms with Crippen LogP contribution in [-0.2, 0) is 9.59 Å². The number of benzene rings is 1. The molecule has 1 unspecified atom stereocenters. The van der Waals surface area contributed by atoms with Crippen LogP contribution in [0.15, 0.2) is 30.3 Å². The molecule has 100 valence electrons. The lowest BCUT2D eigenvalue weighted by molar-refractivity contribution is -0.139. The van der Waals surface area contributed by atoms with Crippen molar-refractivity contribution >= 4 is 17.9 Å². The summed E-state index contributed by atoms with van der Waals surface area (Å²) in [7, 11) is 0. The van der Waals surface area contributed by atoms with Gasteiger partial charge in [-0.1, -0.05) is 18.2 Å². The minimum absolute atomic E-state index is 0.168. The van der Waals surface area contributed by atoms with E-state index in [1.807, 2.05) is 0 Å². The maximum absolute atomic E-state index is 13.4. The van der Waals surface area contributed by atoms with E-state index in [9.17, 15) is 14.0 Å². The summed E-state index contributed by atoms with van der Waals surface area (Å²) in [4.78, 5) is 24.9. The van der Waals surface area contributed by atoms with Gasteiger partial charge in [0.25, 0.3) is 0 Å². The van der Waals surface area contributed by atoms with Gasteiger partial charge in [-0.25, -0.2) is 4.39 Å². The fraction of sp³-hybridized carbons (Fsp3) is 0.286. The predicted molar refractivity (Wildman–Crippen MR) is 69.6 cm³/mol. The Labute approximate surface area is 110 Å². The average Bonchev–Trinajstić information content (AvgIpc) is 2.40. The van der Waals surface area contributed by atoms with E-state index < -0.39 is 6.04 Å². The number of hydrogen-bond acceptors (Lipinski definition) is 2. The second-order valence-corrected chi connectivity index (χ2v) is 4.35. The number of amides is 2. The Morgan fingerprint density at radius 3 is 2.95 bits per heavy atom. The fourth-order valence-electron chi connectivity index (χ4n) is 1.95. The van der Waals surface area contributed by atoms with Crippen LogP contribution in [0.2, 0.25) is 0 Å². The third-order valence-corrected chi connectivity index (χ3v) is 3.09. The molecule has 1 atom stereocenters. The highest BCUT2D eigenvalue weighted by Crippen LogP contribution is 2.10. The van der Waals surface area contributed by atoms with Crippen molar-refractivity contribution in [3.63, 3.8) is 0 Å². The predicted octanol–water partition coefficient (Wildman–Crippen LogP) is 1.19. The number of rotatable bonds is 2. The number of nitrogens with one attached hydrogen (secondary N) is 1. The first-order valence-electron chi connectivity index (χ1n) is 6.10. The lowest BCUT2D eigenvalue weighted by Crippen LogP contribution is -2.55. The van der Waals surface area contributed by atoms with Crippen LogP contribution in [0.3, 0.4) is 0 Å². The van der Waals surface area contributed by atoms with E-state index in [1.165, 1.54) is 23.1 Å². The number of carbonyl (C=O) groups excluding carboxylic acids is 2. The van der Waals surface area contributed by atoms with Crippen molar-refractivity contribution in [3.05, 3.63) is 41.7 Å². The highest BCUT2D eigenvalue weighted by atomic mass is 19.1. The minimum atomic E-state index is -0.494. The van der Waals surface area contributed by atoms with Crippen molar-refractivity contribution in [3.8, 4) is 0 Å². The maximum Gasteiger partial charge on any atom is 0.247 e. The SMILES string of the molecule is CC1C(=O)NCCN1C(=O)C=Cc1ccccc1F. The third kappa shape index (κ3) is 2.99. The Balaban J connectivity index is 2.09. The monoisotopic (exact) mass is 262 g/mol. The van der Waals surface area contributed by atoms with Gasteiger partial charge in [-0.3, -0.25) is 9.59 Å². The van der Waals surface area contributed by atoms with E-state index in [2.05, 4.69) is 5.32 Å². The molecule has 19 heavy (non-hydrogen) atoms. The molecule has 0 radical (unpaired) electrons. The summed E-state index contributed by atoms with van der Waals surface area (Å²) in [5.41, 5.74) is 0.352. The summed E-state index contributed by atoms with van der Waals surface area (Å²) < 4.78 is 13.4. The lowest BCUT2D eigenvalue weighted by Gasteiger charge is -2.31. The molecule has 1 aromatic carbocycles. The van der Waals surface area contributed by atoms with Gasteiger partial charge in [0, 0.05) is 24.7 Å². The second kappa shape index (κ2) is 5.65. The molecule has 0 bridgehead atoms. The third-order valence-electron chi connectivity index (χ3n) is 3.09. The van der Waals surface area contributed by atoms with Gasteiger partial charge < -0.3 is 10.2 Å². The van der Waals surface area contributed by atoms with Gasteiger partial charge in [-0.05, 0) is 19.1 Å². The zero-order chi connectivity index (χ0) is 13.8. The zero-order valence-electron chi connectivity index (χ0n) is 10.6. The van der Waals surface area contributed by atoms with E-state index in [0.717, 1.165) is 0 Å². The van der Waals surface area contributed by atoms with Gasteiger partial charge in [-0.2, -0.15) is 0 Å². The van der Waals surface area contributed by atoms with Crippen LogP contribution in [0.5, 0.6) is 0 Å². The van der Waals surface area contributed by atoms with Gasteiger partial charge in [0.2, 0.25) is 11.8 Å². The van der Waals surface area contributed by atoms with E-state index >= 15 is 0 Å². The number of carbonyl (C=O) groups is 2. The average molecular weight is 262 g/mol. The topological polar surface area (TPSA) is 49.4 Å². The number of piperazine rings is 1. The highest BCUT2D eigenvalue weighted by molar-refractivity contribution is 5.96. The summed E-state index contributed by atoms with van der Waals surface area (Å²) >= 11 is 0. The van der Waals surface area contributed by atoms with Crippen LogP contribution in [0, 0.1) is 5.82 Å². The van der Waals surface area contributed by atoms with Gasteiger partial charge in [0.15, 0.2) is 0 Å². The summed E-state index contributed by atoms with van der Waals surface area (Å²) in [6.07, 6.45) is 2.73. The Kier molecular flexibility index (Phi) is 3.94. The molecular weight excluding hydrogens is 247 g/mol. The zero-order valence-corrected chi connectivity index (χ0v) is 10.6. The summed E-state index contributed by atoms with van der Waals surface area (Å²) in [6.45, 7) is 2.58. The van der Waals surface area contributed by atoms with Crippen molar-refractivity contribution in [2.75, 3.05) is 13.1 Å². The van der Waals surface area contributed by atoms with Crippen LogP contribution < -0.4 is 5.32 Å². The standard InChI is InChI=1S/C14H15FN2O2/c1-10-14(19)16-8-9-17(10)13(18)7-6-11-4-2-3-5-12(11)15/h2-7,10H,8-9H2,1H3,(H,16,19). The van der Waals surface area contributed by atoms with E-state index in [0.29, 0.717) is 18.7 Å². The molecule has 4 nitrogen and oxygen atoms in total. The number of hydrogen-bond donors (Lipinski definition) is 1. The maximum atomic E-state index is 13.4. The van der Waals surface area contributed by atoms with Crippen LogP contribution in [0.1, 0.15) is 12.5 Å². The van der Waals surface area contributed by atoms with Gasteiger partial charge in [-0.15, -0.1) is 0 Å². The molecule has 1 fully saturated rings. The van der Waals surface area contributed by atoms with Crippen LogP contribution in [-0.4, -0.2) is 35.8 Å². The molecule has 1 aromatic rings. The summed E-state index contributed by atoms with van der Waals surface area (Å²) in [5.74, 6) is -0.833. The molecule has 0 aromatic heterocycles. The van der Waals surface area contributed by atoms with Crippen LogP contribution in [0.4, 0.5) is 4.39 Å². The Morgan fingerprint density at radius 1 is 1.47 bits per heavy atom. The molecule has 1 heterocycles. The van der Waals surface area contributed by atoms with E-state index in [4.69, 9.17) is 0 Å². The number of nitrogens with zero attached hydrogens (tertiary/aromatic N) is 1. The summed E-state index contributed by atoms with van der Waals surface area (Å²) in [6, 6.07) is 5.72. The molecule has 1 N–H and O–H groups in total. The molecule has 1 aliphatic heterocycles. The normalized spacial score (nSPS) is 19.6. The first-order valence-corrected chi connectivity index (χ1v) is 6.10. The Bertz CT molecular complexity index is 528. The van der Waals surface area contributed by atoms with Crippen molar-refractivity contribution in [1.29, 1.82) is 0 Å². The number of halogens is 1. The summed E-state index contributed by atoms with van der Waals surface area (Å²) in [5, 5.41) is 2.68. The first-order chi connectivity index (χ1) is 9.09. The molecule has 2 amide bonds. The molecule has 0 spiro atoms. The van der Waals surface area contributed by atoms with Crippen molar-refractivity contribution in [2.45, 2.75) is 13.0 Å². The molecule has 5 heteroatoms. The molecule has 0 saturated carbocycles.